The number of rotatable bonds is 4. The molecule has 4 atom stereocenters. The summed E-state index contributed by atoms with van der Waals surface area (Å²) in [5.74, 6) is 0.819. The van der Waals surface area contributed by atoms with E-state index in [0.29, 0.717) is 24.9 Å². The van der Waals surface area contributed by atoms with Crippen molar-refractivity contribution in [3.63, 3.8) is 0 Å². The average molecular weight is 290 g/mol. The van der Waals surface area contributed by atoms with Crippen LogP contribution in [0.25, 0.3) is 0 Å². The first-order valence-electron chi connectivity index (χ1n) is 7.20. The highest BCUT2D eigenvalue weighted by Crippen LogP contribution is 2.29. The SMILES string of the molecule is CC1OCCC1C(N)CC1CCCN(S(C)(=O)=O)C1. The number of ether oxygens (including phenoxy) is 1. The third-order valence-corrected chi connectivity index (χ3v) is 5.81. The molecule has 2 aliphatic rings. The lowest BCUT2D eigenvalue weighted by molar-refractivity contribution is 0.0950. The largest absolute Gasteiger partial charge is 0.378 e. The maximum Gasteiger partial charge on any atom is 0.211 e. The fourth-order valence-electron chi connectivity index (χ4n) is 3.39. The fourth-order valence-corrected chi connectivity index (χ4v) is 4.33. The molecule has 112 valence electrons. The van der Waals surface area contributed by atoms with Crippen molar-refractivity contribution in [1.29, 1.82) is 0 Å². The Balaban J connectivity index is 1.88. The third kappa shape index (κ3) is 3.90. The van der Waals surface area contributed by atoms with Crippen molar-refractivity contribution in [2.75, 3.05) is 26.0 Å². The van der Waals surface area contributed by atoms with E-state index in [1.165, 1.54) is 6.26 Å². The molecule has 0 spiro atoms. The molecule has 19 heavy (non-hydrogen) atoms. The van der Waals surface area contributed by atoms with Gasteiger partial charge in [0.05, 0.1) is 12.4 Å². The van der Waals surface area contributed by atoms with Gasteiger partial charge >= 0.3 is 0 Å². The summed E-state index contributed by atoms with van der Waals surface area (Å²) in [5, 5.41) is 0. The molecule has 0 aromatic rings. The molecule has 2 aliphatic heterocycles. The summed E-state index contributed by atoms with van der Waals surface area (Å²) in [6, 6.07) is 0.127. The van der Waals surface area contributed by atoms with Crippen LogP contribution in [0, 0.1) is 11.8 Å². The first-order chi connectivity index (χ1) is 8.88. The van der Waals surface area contributed by atoms with Crippen LogP contribution >= 0.6 is 0 Å². The predicted molar refractivity (Wildman–Crippen MR) is 75.3 cm³/mol. The Morgan fingerprint density at radius 3 is 2.74 bits per heavy atom. The number of hydrogen-bond acceptors (Lipinski definition) is 4. The smallest absolute Gasteiger partial charge is 0.211 e. The van der Waals surface area contributed by atoms with Crippen LogP contribution in [0.5, 0.6) is 0 Å². The molecule has 0 aromatic heterocycles. The fraction of sp³-hybridized carbons (Fsp3) is 1.00. The molecule has 0 aromatic carbocycles. The Labute approximate surface area is 116 Å². The number of hydrogen-bond donors (Lipinski definition) is 1. The van der Waals surface area contributed by atoms with Crippen LogP contribution in [0.2, 0.25) is 0 Å². The van der Waals surface area contributed by atoms with E-state index >= 15 is 0 Å². The highest BCUT2D eigenvalue weighted by Gasteiger charge is 2.33. The maximum atomic E-state index is 11.6. The molecular formula is C13H26N2O3S. The lowest BCUT2D eigenvalue weighted by Crippen LogP contribution is -2.43. The molecule has 0 radical (unpaired) electrons. The van der Waals surface area contributed by atoms with Crippen LogP contribution in [0.15, 0.2) is 0 Å². The first-order valence-corrected chi connectivity index (χ1v) is 9.05. The highest BCUT2D eigenvalue weighted by atomic mass is 32.2. The Kier molecular flexibility index (Phi) is 4.87. The van der Waals surface area contributed by atoms with Gasteiger partial charge in [0.15, 0.2) is 0 Å². The van der Waals surface area contributed by atoms with E-state index in [-0.39, 0.29) is 12.1 Å². The maximum absolute atomic E-state index is 11.6. The summed E-state index contributed by atoms with van der Waals surface area (Å²) in [6.45, 7) is 4.18. The molecule has 0 aliphatic carbocycles. The van der Waals surface area contributed by atoms with E-state index in [1.807, 2.05) is 0 Å². The van der Waals surface area contributed by atoms with Gasteiger partial charge in [0.25, 0.3) is 0 Å². The summed E-state index contributed by atoms with van der Waals surface area (Å²) in [5.41, 5.74) is 6.31. The van der Waals surface area contributed by atoms with Gasteiger partial charge in [-0.2, -0.15) is 0 Å². The second-order valence-corrected chi connectivity index (χ2v) is 8.04. The standard InChI is InChI=1S/C13H26N2O3S/c1-10-12(5-7-18-10)13(14)8-11-4-3-6-15(9-11)19(2,16)17/h10-13H,3-9,14H2,1-2H3. The van der Waals surface area contributed by atoms with Crippen LogP contribution in [-0.2, 0) is 14.8 Å². The zero-order valence-corrected chi connectivity index (χ0v) is 12.7. The van der Waals surface area contributed by atoms with Crippen molar-refractivity contribution in [3.8, 4) is 0 Å². The summed E-state index contributed by atoms with van der Waals surface area (Å²) in [6.07, 6.45) is 5.50. The minimum absolute atomic E-state index is 0.127. The van der Waals surface area contributed by atoms with E-state index in [9.17, 15) is 8.42 Å². The Hall–Kier alpha value is -0.170. The quantitative estimate of drug-likeness (QED) is 0.831. The van der Waals surface area contributed by atoms with Crippen LogP contribution in [-0.4, -0.2) is 50.8 Å². The van der Waals surface area contributed by atoms with E-state index in [2.05, 4.69) is 6.92 Å². The van der Waals surface area contributed by atoms with Crippen molar-refractivity contribution < 1.29 is 13.2 Å². The molecule has 2 rings (SSSR count). The molecule has 0 bridgehead atoms. The van der Waals surface area contributed by atoms with Gasteiger partial charge < -0.3 is 10.5 Å². The molecule has 4 unspecified atom stereocenters. The van der Waals surface area contributed by atoms with Gasteiger partial charge in [-0.05, 0) is 38.5 Å². The number of nitrogens with zero attached hydrogens (tertiary/aromatic N) is 1. The van der Waals surface area contributed by atoms with Gasteiger partial charge in [0, 0.05) is 31.7 Å². The average Bonchev–Trinajstić information content (AvgIpc) is 2.75. The molecular weight excluding hydrogens is 264 g/mol. The minimum atomic E-state index is -3.06. The second kappa shape index (κ2) is 6.08. The van der Waals surface area contributed by atoms with E-state index in [0.717, 1.165) is 32.3 Å². The third-order valence-electron chi connectivity index (χ3n) is 4.54. The van der Waals surface area contributed by atoms with Gasteiger partial charge in [-0.3, -0.25) is 0 Å². The molecule has 0 saturated carbocycles. The molecule has 2 N–H and O–H groups in total. The second-order valence-electron chi connectivity index (χ2n) is 6.06. The van der Waals surface area contributed by atoms with E-state index < -0.39 is 10.0 Å². The topological polar surface area (TPSA) is 72.6 Å². The van der Waals surface area contributed by atoms with Gasteiger partial charge in [-0.25, -0.2) is 12.7 Å². The number of sulfonamides is 1. The molecule has 6 heteroatoms. The lowest BCUT2D eigenvalue weighted by atomic mass is 9.84. The lowest BCUT2D eigenvalue weighted by Gasteiger charge is -2.33. The predicted octanol–water partition coefficient (Wildman–Crippen LogP) is 0.800. The first kappa shape index (κ1) is 15.2. The van der Waals surface area contributed by atoms with Crippen molar-refractivity contribution in [1.82, 2.24) is 4.31 Å². The molecule has 2 fully saturated rings. The summed E-state index contributed by atoms with van der Waals surface area (Å²) >= 11 is 0. The molecule has 5 nitrogen and oxygen atoms in total. The summed E-state index contributed by atoms with van der Waals surface area (Å²) in [4.78, 5) is 0. The van der Waals surface area contributed by atoms with Crippen LogP contribution in [0.1, 0.15) is 32.6 Å². The normalized spacial score (nSPS) is 35.4. The van der Waals surface area contributed by atoms with E-state index in [1.54, 1.807) is 4.31 Å². The van der Waals surface area contributed by atoms with Crippen molar-refractivity contribution in [2.24, 2.45) is 17.6 Å². The van der Waals surface area contributed by atoms with Gasteiger partial charge in [-0.15, -0.1) is 0 Å². The summed E-state index contributed by atoms with van der Waals surface area (Å²) in [7, 11) is -3.06. The number of piperidine rings is 1. The van der Waals surface area contributed by atoms with Gasteiger partial charge in [0.2, 0.25) is 10.0 Å². The highest BCUT2D eigenvalue weighted by molar-refractivity contribution is 7.88. The van der Waals surface area contributed by atoms with Gasteiger partial charge in [-0.1, -0.05) is 0 Å². The zero-order chi connectivity index (χ0) is 14.0. The Morgan fingerprint density at radius 2 is 2.16 bits per heavy atom. The van der Waals surface area contributed by atoms with Crippen molar-refractivity contribution in [2.45, 2.75) is 44.8 Å². The molecule has 2 saturated heterocycles. The van der Waals surface area contributed by atoms with Crippen LogP contribution in [0.3, 0.4) is 0 Å². The van der Waals surface area contributed by atoms with Crippen LogP contribution in [0.4, 0.5) is 0 Å². The van der Waals surface area contributed by atoms with Crippen molar-refractivity contribution >= 4 is 10.0 Å². The Bertz CT molecular complexity index is 399. The Morgan fingerprint density at radius 1 is 1.42 bits per heavy atom. The van der Waals surface area contributed by atoms with Crippen LogP contribution < -0.4 is 5.73 Å². The minimum Gasteiger partial charge on any atom is -0.378 e. The zero-order valence-electron chi connectivity index (χ0n) is 11.9. The summed E-state index contributed by atoms with van der Waals surface area (Å²) < 4.78 is 30.4. The molecule has 0 amide bonds. The molecule has 2 heterocycles. The van der Waals surface area contributed by atoms with Gasteiger partial charge in [0.1, 0.15) is 0 Å². The van der Waals surface area contributed by atoms with Crippen molar-refractivity contribution in [3.05, 3.63) is 0 Å². The number of nitrogens with two attached hydrogens (primary N) is 1. The van der Waals surface area contributed by atoms with E-state index in [4.69, 9.17) is 10.5 Å². The monoisotopic (exact) mass is 290 g/mol.